The number of ether oxygens (including phenoxy) is 1. The van der Waals surface area contributed by atoms with E-state index in [4.69, 9.17) is 4.74 Å². The smallest absolute Gasteiger partial charge is 0.115 e. The van der Waals surface area contributed by atoms with Gasteiger partial charge in [0.2, 0.25) is 0 Å². The Hall–Kier alpha value is -4.18. The van der Waals surface area contributed by atoms with Gasteiger partial charge in [0.05, 0.1) is 30.8 Å². The summed E-state index contributed by atoms with van der Waals surface area (Å²) in [5.41, 5.74) is 5.31. The maximum Gasteiger partial charge on any atom is 0.115 e. The van der Waals surface area contributed by atoms with E-state index in [0.29, 0.717) is 13.2 Å². The van der Waals surface area contributed by atoms with Crippen LogP contribution >= 0.6 is 0 Å². The number of hydrogen-bond acceptors (Lipinski definition) is 3. The molecule has 1 fully saturated rings. The molecule has 0 aliphatic carbocycles. The van der Waals surface area contributed by atoms with Crippen molar-refractivity contribution < 1.29 is 9.84 Å². The number of aromatic hydroxyl groups is 1. The summed E-state index contributed by atoms with van der Waals surface area (Å²) < 4.78 is 6.35. The van der Waals surface area contributed by atoms with Gasteiger partial charge in [-0.05, 0) is 39.9 Å². The van der Waals surface area contributed by atoms with E-state index in [1.165, 1.54) is 16.7 Å². The number of rotatable bonds is 9. The fraction of sp³-hybridized carbons (Fsp3) is 0.143. The summed E-state index contributed by atoms with van der Waals surface area (Å²) in [6.45, 7) is 1.14. The summed E-state index contributed by atoms with van der Waals surface area (Å²) in [6.07, 6.45) is 0. The maximum atomic E-state index is 10.4. The first-order chi connectivity index (χ1) is 18.8. The molecule has 0 spiro atoms. The molecule has 1 heterocycles. The van der Waals surface area contributed by atoms with Crippen LogP contribution in [0.4, 0.5) is 0 Å². The van der Waals surface area contributed by atoms with Crippen LogP contribution in [-0.2, 0) is 16.9 Å². The first-order valence-electron chi connectivity index (χ1n) is 13.1. The number of phenolic OH excluding ortho intramolecular Hbond substituents is 1. The molecule has 6 rings (SSSR count). The molecule has 0 aromatic heterocycles. The van der Waals surface area contributed by atoms with Gasteiger partial charge in [0.15, 0.2) is 0 Å². The van der Waals surface area contributed by atoms with E-state index in [0.717, 1.165) is 11.1 Å². The van der Waals surface area contributed by atoms with Crippen LogP contribution in [0.15, 0.2) is 146 Å². The summed E-state index contributed by atoms with van der Waals surface area (Å²) in [5.74, 6) is 0.281. The summed E-state index contributed by atoms with van der Waals surface area (Å²) in [4.78, 5) is 2.56. The van der Waals surface area contributed by atoms with Gasteiger partial charge in [-0.3, -0.25) is 4.90 Å². The van der Waals surface area contributed by atoms with Crippen molar-refractivity contribution in [1.29, 1.82) is 0 Å². The third-order valence-corrected chi connectivity index (χ3v) is 7.51. The van der Waals surface area contributed by atoms with Crippen LogP contribution in [0.2, 0.25) is 0 Å². The number of phenols is 1. The Morgan fingerprint density at radius 3 is 1.61 bits per heavy atom. The molecule has 0 amide bonds. The van der Waals surface area contributed by atoms with Gasteiger partial charge < -0.3 is 9.84 Å². The molecule has 188 valence electrons. The van der Waals surface area contributed by atoms with Crippen LogP contribution in [0.3, 0.4) is 0 Å². The standard InChI is InChI=1S/C35H31NO2/c37-32-23-13-16-28(24-32)34-33(26-38-25-27-14-5-1-6-15-27)36(34)35(29-17-7-2-8-18-29,30-19-9-3-10-20-30)31-21-11-4-12-22-31/h1-24,33-34,37H,25-26H2/t33-,34+,36?/m0/s1. The zero-order valence-corrected chi connectivity index (χ0v) is 21.2. The van der Waals surface area contributed by atoms with Gasteiger partial charge in [-0.2, -0.15) is 0 Å². The van der Waals surface area contributed by atoms with Crippen molar-refractivity contribution >= 4 is 0 Å². The zero-order chi connectivity index (χ0) is 25.8. The molecule has 0 radical (unpaired) electrons. The van der Waals surface area contributed by atoms with Crippen LogP contribution < -0.4 is 0 Å². The van der Waals surface area contributed by atoms with E-state index in [9.17, 15) is 5.11 Å². The molecule has 5 aromatic rings. The largest absolute Gasteiger partial charge is 0.508 e. The highest BCUT2D eigenvalue weighted by Crippen LogP contribution is 2.58. The molecule has 3 heteroatoms. The summed E-state index contributed by atoms with van der Waals surface area (Å²) in [6, 6.07) is 50.4. The minimum absolute atomic E-state index is 0.0680. The quantitative estimate of drug-likeness (QED) is 0.171. The van der Waals surface area contributed by atoms with Gasteiger partial charge in [-0.15, -0.1) is 0 Å². The molecule has 3 atom stereocenters. The topological polar surface area (TPSA) is 32.5 Å². The molecule has 1 unspecified atom stereocenters. The third kappa shape index (κ3) is 4.51. The molecule has 1 N–H and O–H groups in total. The van der Waals surface area contributed by atoms with Gasteiger partial charge in [0.25, 0.3) is 0 Å². The summed E-state index contributed by atoms with van der Waals surface area (Å²) in [7, 11) is 0. The Kier molecular flexibility index (Phi) is 6.78. The van der Waals surface area contributed by atoms with Crippen molar-refractivity contribution in [2.45, 2.75) is 24.2 Å². The van der Waals surface area contributed by atoms with Gasteiger partial charge >= 0.3 is 0 Å². The second-order valence-corrected chi connectivity index (χ2v) is 9.82. The minimum Gasteiger partial charge on any atom is -0.508 e. The molecule has 1 aliphatic heterocycles. The first-order valence-corrected chi connectivity index (χ1v) is 13.1. The van der Waals surface area contributed by atoms with Gasteiger partial charge in [-0.25, -0.2) is 0 Å². The lowest BCUT2D eigenvalue weighted by molar-refractivity contribution is 0.107. The lowest BCUT2D eigenvalue weighted by Gasteiger charge is -2.39. The zero-order valence-electron chi connectivity index (χ0n) is 21.2. The molecular weight excluding hydrogens is 466 g/mol. The van der Waals surface area contributed by atoms with Crippen molar-refractivity contribution in [3.63, 3.8) is 0 Å². The van der Waals surface area contributed by atoms with Crippen molar-refractivity contribution in [2.75, 3.05) is 6.61 Å². The highest BCUT2D eigenvalue weighted by Gasteiger charge is 2.61. The van der Waals surface area contributed by atoms with Crippen molar-refractivity contribution in [3.05, 3.63) is 173 Å². The van der Waals surface area contributed by atoms with Crippen molar-refractivity contribution in [3.8, 4) is 5.75 Å². The van der Waals surface area contributed by atoms with Gasteiger partial charge in [0.1, 0.15) is 5.75 Å². The molecule has 0 saturated carbocycles. The highest BCUT2D eigenvalue weighted by atomic mass is 16.5. The number of benzene rings is 5. The average Bonchev–Trinajstić information content (AvgIpc) is 3.70. The van der Waals surface area contributed by atoms with Crippen LogP contribution in [0.5, 0.6) is 5.75 Å². The van der Waals surface area contributed by atoms with E-state index >= 15 is 0 Å². The lowest BCUT2D eigenvalue weighted by atomic mass is 9.76. The second kappa shape index (κ2) is 10.7. The Bertz CT molecular complexity index is 1360. The van der Waals surface area contributed by atoms with E-state index in [-0.39, 0.29) is 17.8 Å². The maximum absolute atomic E-state index is 10.4. The number of nitrogens with zero attached hydrogens (tertiary/aromatic N) is 1. The predicted molar refractivity (Wildman–Crippen MR) is 152 cm³/mol. The average molecular weight is 498 g/mol. The Morgan fingerprint density at radius 2 is 1.11 bits per heavy atom. The second-order valence-electron chi connectivity index (χ2n) is 9.82. The SMILES string of the molecule is Oc1cccc([C@@H]2[C@H](COCc3ccccc3)N2C(c2ccccc2)(c2ccccc2)c2ccccc2)c1. The third-order valence-electron chi connectivity index (χ3n) is 7.51. The Morgan fingerprint density at radius 1 is 0.605 bits per heavy atom. The molecule has 0 bridgehead atoms. The predicted octanol–water partition coefficient (Wildman–Crippen LogP) is 7.33. The Balaban J connectivity index is 1.49. The lowest BCUT2D eigenvalue weighted by Crippen LogP contribution is -2.39. The van der Waals surface area contributed by atoms with E-state index in [1.807, 2.05) is 30.3 Å². The van der Waals surface area contributed by atoms with E-state index in [1.54, 1.807) is 6.07 Å². The first kappa shape index (κ1) is 24.2. The van der Waals surface area contributed by atoms with Crippen molar-refractivity contribution in [2.24, 2.45) is 0 Å². The minimum atomic E-state index is -0.541. The van der Waals surface area contributed by atoms with E-state index in [2.05, 4.69) is 114 Å². The molecule has 3 nitrogen and oxygen atoms in total. The Labute approximate surface area is 224 Å². The fourth-order valence-electron chi connectivity index (χ4n) is 5.86. The fourth-order valence-corrected chi connectivity index (χ4v) is 5.86. The number of hydrogen-bond donors (Lipinski definition) is 1. The molecule has 1 saturated heterocycles. The van der Waals surface area contributed by atoms with Crippen molar-refractivity contribution in [1.82, 2.24) is 4.90 Å². The molecular formula is C35H31NO2. The summed E-state index contributed by atoms with van der Waals surface area (Å²) in [5, 5.41) is 10.4. The van der Waals surface area contributed by atoms with Crippen LogP contribution in [0.25, 0.3) is 0 Å². The van der Waals surface area contributed by atoms with Crippen LogP contribution in [-0.4, -0.2) is 22.7 Å². The van der Waals surface area contributed by atoms with Gasteiger partial charge in [0, 0.05) is 0 Å². The molecule has 38 heavy (non-hydrogen) atoms. The normalized spacial score (nSPS) is 18.7. The van der Waals surface area contributed by atoms with E-state index < -0.39 is 5.54 Å². The molecule has 1 aliphatic rings. The van der Waals surface area contributed by atoms with Gasteiger partial charge in [-0.1, -0.05) is 133 Å². The molecule has 5 aromatic carbocycles. The van der Waals surface area contributed by atoms with Crippen LogP contribution in [0.1, 0.15) is 33.9 Å². The summed E-state index contributed by atoms with van der Waals surface area (Å²) >= 11 is 0. The highest BCUT2D eigenvalue weighted by molar-refractivity contribution is 5.53. The van der Waals surface area contributed by atoms with Crippen LogP contribution in [0, 0.1) is 0 Å². The monoisotopic (exact) mass is 497 g/mol.